The number of likely N-dealkylation sites (tertiary alicyclic amines) is 1. The smallest absolute Gasteiger partial charge is 0.255 e. The van der Waals surface area contributed by atoms with Gasteiger partial charge in [0, 0.05) is 32.4 Å². The van der Waals surface area contributed by atoms with Crippen LogP contribution in [-0.4, -0.2) is 65.1 Å². The van der Waals surface area contributed by atoms with Crippen molar-refractivity contribution in [2.45, 2.75) is 37.9 Å². The van der Waals surface area contributed by atoms with Crippen molar-refractivity contribution in [3.8, 4) is 0 Å². The van der Waals surface area contributed by atoms with Gasteiger partial charge in [-0.25, -0.2) is 4.39 Å². The van der Waals surface area contributed by atoms with E-state index in [4.69, 9.17) is 4.74 Å². The van der Waals surface area contributed by atoms with Gasteiger partial charge in [0.1, 0.15) is 5.82 Å². The normalized spacial score (nSPS) is 21.3. The fourth-order valence-corrected chi connectivity index (χ4v) is 4.48. The zero-order valence-corrected chi connectivity index (χ0v) is 18.1. The van der Waals surface area contributed by atoms with Crippen LogP contribution in [0, 0.1) is 5.82 Å². The van der Waals surface area contributed by atoms with E-state index in [2.05, 4.69) is 34.1 Å². The highest BCUT2D eigenvalue weighted by atomic mass is 35.5. The summed E-state index contributed by atoms with van der Waals surface area (Å²) in [6.07, 6.45) is 5.36. The maximum atomic E-state index is 13.5. The number of piperidine rings is 1. The van der Waals surface area contributed by atoms with E-state index in [1.807, 2.05) is 17.9 Å². The molecule has 0 saturated carbocycles. The van der Waals surface area contributed by atoms with E-state index in [0.29, 0.717) is 18.7 Å². The number of aromatic nitrogens is 1. The van der Waals surface area contributed by atoms with Gasteiger partial charge in [-0.05, 0) is 37.8 Å². The summed E-state index contributed by atoms with van der Waals surface area (Å²) in [6, 6.07) is 11.8. The molecular formula is C23H29ClFN3O2. The summed E-state index contributed by atoms with van der Waals surface area (Å²) in [7, 11) is 0. The number of hydrogen-bond donors (Lipinski definition) is 0. The predicted molar refractivity (Wildman–Crippen MR) is 116 cm³/mol. The standard InChI is InChI=1S/C23H28FN3O2.ClH/c1-18-16-27(22(28)20-13-21(24)15-25-14-20)17-23(29-18)8-11-26(12-9-23)10-7-19-5-3-2-4-6-19;/h2-6,13-15,18H,7-12,16-17H2,1H3;1H. The number of rotatable bonds is 4. The molecule has 2 aliphatic rings. The summed E-state index contributed by atoms with van der Waals surface area (Å²) in [6.45, 7) is 6.04. The monoisotopic (exact) mass is 433 g/mol. The van der Waals surface area contributed by atoms with Gasteiger partial charge in [-0.3, -0.25) is 9.78 Å². The SMILES string of the molecule is CC1CN(C(=O)c2cncc(F)c2)CC2(CCN(CCc3ccccc3)CC2)O1.Cl. The molecule has 0 bridgehead atoms. The summed E-state index contributed by atoms with van der Waals surface area (Å²) < 4.78 is 19.8. The molecule has 0 N–H and O–H groups in total. The molecule has 30 heavy (non-hydrogen) atoms. The van der Waals surface area contributed by atoms with Gasteiger partial charge < -0.3 is 14.5 Å². The van der Waals surface area contributed by atoms with Crippen LogP contribution in [0.4, 0.5) is 4.39 Å². The third-order valence-electron chi connectivity index (χ3n) is 5.97. The first-order chi connectivity index (χ1) is 14.0. The lowest BCUT2D eigenvalue weighted by Gasteiger charge is -2.49. The third kappa shape index (κ3) is 5.36. The fourth-order valence-electron chi connectivity index (χ4n) is 4.48. The van der Waals surface area contributed by atoms with Crippen LogP contribution >= 0.6 is 12.4 Å². The highest BCUT2D eigenvalue weighted by Gasteiger charge is 2.43. The molecule has 4 rings (SSSR count). The molecule has 3 heterocycles. The average Bonchev–Trinajstić information content (AvgIpc) is 2.73. The van der Waals surface area contributed by atoms with Crippen molar-refractivity contribution in [1.29, 1.82) is 0 Å². The summed E-state index contributed by atoms with van der Waals surface area (Å²) in [4.78, 5) is 21.0. The molecular weight excluding hydrogens is 405 g/mol. The Morgan fingerprint density at radius 1 is 1.23 bits per heavy atom. The Balaban J connectivity index is 0.00000256. The van der Waals surface area contributed by atoms with E-state index in [0.717, 1.165) is 45.1 Å². The minimum atomic E-state index is -0.487. The lowest BCUT2D eigenvalue weighted by atomic mass is 9.88. The van der Waals surface area contributed by atoms with Gasteiger partial charge in [0.15, 0.2) is 0 Å². The van der Waals surface area contributed by atoms with E-state index < -0.39 is 5.82 Å². The summed E-state index contributed by atoms with van der Waals surface area (Å²) in [5, 5.41) is 0. The van der Waals surface area contributed by atoms with Crippen molar-refractivity contribution in [3.63, 3.8) is 0 Å². The third-order valence-corrected chi connectivity index (χ3v) is 5.97. The van der Waals surface area contributed by atoms with Gasteiger partial charge in [-0.15, -0.1) is 12.4 Å². The number of ether oxygens (including phenoxy) is 1. The molecule has 2 fully saturated rings. The van der Waals surface area contributed by atoms with E-state index in [9.17, 15) is 9.18 Å². The molecule has 1 amide bonds. The lowest BCUT2D eigenvalue weighted by Crippen LogP contribution is -2.60. The Morgan fingerprint density at radius 2 is 1.97 bits per heavy atom. The molecule has 1 aromatic carbocycles. The molecule has 2 saturated heterocycles. The minimum absolute atomic E-state index is 0. The largest absolute Gasteiger partial charge is 0.368 e. The molecule has 1 spiro atoms. The Labute approximate surface area is 183 Å². The number of amides is 1. The van der Waals surface area contributed by atoms with E-state index in [1.165, 1.54) is 17.8 Å². The second-order valence-electron chi connectivity index (χ2n) is 8.27. The van der Waals surface area contributed by atoms with Gasteiger partial charge in [0.2, 0.25) is 0 Å². The van der Waals surface area contributed by atoms with Crippen LogP contribution in [0.3, 0.4) is 0 Å². The molecule has 1 unspecified atom stereocenters. The minimum Gasteiger partial charge on any atom is -0.368 e. The molecule has 2 aromatic rings. The van der Waals surface area contributed by atoms with Gasteiger partial charge in [-0.1, -0.05) is 30.3 Å². The Bertz CT molecular complexity index is 843. The quantitative estimate of drug-likeness (QED) is 0.739. The highest BCUT2D eigenvalue weighted by molar-refractivity contribution is 5.94. The van der Waals surface area contributed by atoms with Gasteiger partial charge in [0.25, 0.3) is 5.91 Å². The van der Waals surface area contributed by atoms with Crippen molar-refractivity contribution >= 4 is 18.3 Å². The number of nitrogens with zero attached hydrogens (tertiary/aromatic N) is 3. The van der Waals surface area contributed by atoms with Crippen LogP contribution < -0.4 is 0 Å². The molecule has 1 aromatic heterocycles. The molecule has 1 atom stereocenters. The molecule has 2 aliphatic heterocycles. The zero-order valence-electron chi connectivity index (χ0n) is 17.3. The van der Waals surface area contributed by atoms with Crippen LogP contribution in [0.25, 0.3) is 0 Å². The van der Waals surface area contributed by atoms with Crippen LogP contribution in [0.15, 0.2) is 48.8 Å². The second kappa shape index (κ2) is 9.86. The summed E-state index contributed by atoms with van der Waals surface area (Å²) in [5.41, 5.74) is 1.35. The van der Waals surface area contributed by atoms with Crippen molar-refractivity contribution in [2.75, 3.05) is 32.7 Å². The first kappa shape index (κ1) is 22.7. The van der Waals surface area contributed by atoms with Gasteiger partial charge in [0.05, 0.1) is 30.0 Å². The number of halogens is 2. The topological polar surface area (TPSA) is 45.7 Å². The van der Waals surface area contributed by atoms with Gasteiger partial charge >= 0.3 is 0 Å². The van der Waals surface area contributed by atoms with E-state index >= 15 is 0 Å². The van der Waals surface area contributed by atoms with Crippen molar-refractivity contribution in [1.82, 2.24) is 14.8 Å². The number of benzene rings is 1. The maximum absolute atomic E-state index is 13.5. The fraction of sp³-hybridized carbons (Fsp3) is 0.478. The number of morpholine rings is 1. The average molecular weight is 434 g/mol. The van der Waals surface area contributed by atoms with E-state index in [-0.39, 0.29) is 30.0 Å². The second-order valence-corrected chi connectivity index (χ2v) is 8.27. The Hall–Kier alpha value is -2.02. The Kier molecular flexibility index (Phi) is 7.45. The maximum Gasteiger partial charge on any atom is 0.255 e. The van der Waals surface area contributed by atoms with Crippen LogP contribution in [-0.2, 0) is 11.2 Å². The lowest BCUT2D eigenvalue weighted by molar-refractivity contribution is -0.161. The highest BCUT2D eigenvalue weighted by Crippen LogP contribution is 2.33. The van der Waals surface area contributed by atoms with E-state index in [1.54, 1.807) is 0 Å². The van der Waals surface area contributed by atoms with Crippen LogP contribution in [0.5, 0.6) is 0 Å². The van der Waals surface area contributed by atoms with Gasteiger partial charge in [-0.2, -0.15) is 0 Å². The van der Waals surface area contributed by atoms with Crippen molar-refractivity contribution in [3.05, 3.63) is 65.7 Å². The van der Waals surface area contributed by atoms with Crippen molar-refractivity contribution < 1.29 is 13.9 Å². The number of pyridine rings is 1. The number of carbonyl (C=O) groups is 1. The molecule has 0 aliphatic carbocycles. The van der Waals surface area contributed by atoms with Crippen LogP contribution in [0.2, 0.25) is 0 Å². The number of carbonyl (C=O) groups excluding carboxylic acids is 1. The Morgan fingerprint density at radius 3 is 2.67 bits per heavy atom. The number of hydrogen-bond acceptors (Lipinski definition) is 4. The summed E-state index contributed by atoms with van der Waals surface area (Å²) >= 11 is 0. The molecule has 162 valence electrons. The van der Waals surface area contributed by atoms with Crippen LogP contribution in [0.1, 0.15) is 35.7 Å². The first-order valence-corrected chi connectivity index (χ1v) is 10.4. The molecule has 0 radical (unpaired) electrons. The molecule has 7 heteroatoms. The molecule has 5 nitrogen and oxygen atoms in total. The first-order valence-electron chi connectivity index (χ1n) is 10.4. The zero-order chi connectivity index (χ0) is 20.3. The van der Waals surface area contributed by atoms with Crippen molar-refractivity contribution in [2.24, 2.45) is 0 Å². The summed E-state index contributed by atoms with van der Waals surface area (Å²) in [5.74, 6) is -0.656. The predicted octanol–water partition coefficient (Wildman–Crippen LogP) is 3.58.